The average Bonchev–Trinajstić information content (AvgIpc) is 2.85. The number of aryl methyl sites for hydroxylation is 1. The molecule has 3 aromatic carbocycles. The van der Waals surface area contributed by atoms with E-state index in [1.807, 2.05) is 47.7 Å². The number of methoxy groups -OCH3 is 1. The molecule has 0 heterocycles. The van der Waals surface area contributed by atoms with Crippen LogP contribution in [0.25, 0.3) is 0 Å². The SMILES string of the molecule is COc1cc(/C=N\NC(=O)C(=O)Nc2cccc(Cl)c2Cl)cc(I)c1OCC(=O)Nc1cccc(C)c1. The van der Waals surface area contributed by atoms with E-state index in [0.717, 1.165) is 5.56 Å². The van der Waals surface area contributed by atoms with Crippen LogP contribution in [0.3, 0.4) is 0 Å². The van der Waals surface area contributed by atoms with Gasteiger partial charge in [0.1, 0.15) is 0 Å². The molecular weight excluding hydrogens is 634 g/mol. The van der Waals surface area contributed by atoms with E-state index in [0.29, 0.717) is 26.3 Å². The Morgan fingerprint density at radius 1 is 1.03 bits per heavy atom. The van der Waals surface area contributed by atoms with Crippen molar-refractivity contribution in [2.24, 2.45) is 5.10 Å². The van der Waals surface area contributed by atoms with Gasteiger partial charge >= 0.3 is 11.8 Å². The van der Waals surface area contributed by atoms with Gasteiger partial charge in [-0.1, -0.05) is 41.4 Å². The predicted molar refractivity (Wildman–Crippen MR) is 152 cm³/mol. The number of hydrazone groups is 1. The summed E-state index contributed by atoms with van der Waals surface area (Å²) in [5, 5.41) is 9.30. The highest BCUT2D eigenvalue weighted by molar-refractivity contribution is 14.1. The number of anilines is 2. The number of hydrogen-bond acceptors (Lipinski definition) is 6. The van der Waals surface area contributed by atoms with Crippen LogP contribution in [-0.4, -0.2) is 37.7 Å². The molecule has 0 saturated carbocycles. The highest BCUT2D eigenvalue weighted by Crippen LogP contribution is 2.33. The van der Waals surface area contributed by atoms with Crippen molar-refractivity contribution < 1.29 is 23.9 Å². The first kappa shape index (κ1) is 28.2. The smallest absolute Gasteiger partial charge is 0.329 e. The van der Waals surface area contributed by atoms with Gasteiger partial charge in [0, 0.05) is 5.69 Å². The topological polar surface area (TPSA) is 118 Å². The lowest BCUT2D eigenvalue weighted by molar-refractivity contribution is -0.136. The van der Waals surface area contributed by atoms with Crippen molar-refractivity contribution in [3.05, 3.63) is 79.3 Å². The second-order valence-electron chi connectivity index (χ2n) is 7.50. The number of benzene rings is 3. The van der Waals surface area contributed by atoms with Crippen molar-refractivity contribution >= 4 is 81.1 Å². The quantitative estimate of drug-likeness (QED) is 0.136. The van der Waals surface area contributed by atoms with E-state index in [1.54, 1.807) is 30.3 Å². The third-order valence-electron chi connectivity index (χ3n) is 4.69. The first-order valence-electron chi connectivity index (χ1n) is 10.6. The maximum absolute atomic E-state index is 12.3. The molecule has 192 valence electrons. The Bertz CT molecular complexity index is 1370. The lowest BCUT2D eigenvalue weighted by Gasteiger charge is -2.13. The van der Waals surface area contributed by atoms with Gasteiger partial charge in [0.15, 0.2) is 18.1 Å². The molecule has 3 aromatic rings. The molecule has 3 rings (SSSR count). The van der Waals surface area contributed by atoms with Crippen LogP contribution in [0.5, 0.6) is 11.5 Å². The maximum atomic E-state index is 12.3. The van der Waals surface area contributed by atoms with Crippen molar-refractivity contribution in [2.75, 3.05) is 24.4 Å². The Morgan fingerprint density at radius 3 is 2.51 bits per heavy atom. The van der Waals surface area contributed by atoms with Crippen LogP contribution >= 0.6 is 45.8 Å². The minimum Gasteiger partial charge on any atom is -0.493 e. The van der Waals surface area contributed by atoms with Crippen molar-refractivity contribution in [3.63, 3.8) is 0 Å². The van der Waals surface area contributed by atoms with E-state index in [-0.39, 0.29) is 28.2 Å². The summed E-state index contributed by atoms with van der Waals surface area (Å²) >= 11 is 13.9. The summed E-state index contributed by atoms with van der Waals surface area (Å²) in [4.78, 5) is 36.5. The molecule has 9 nitrogen and oxygen atoms in total. The van der Waals surface area contributed by atoms with Crippen LogP contribution in [0.4, 0.5) is 11.4 Å². The average molecular weight is 655 g/mol. The largest absolute Gasteiger partial charge is 0.493 e. The number of hydrogen-bond donors (Lipinski definition) is 3. The van der Waals surface area contributed by atoms with Gasteiger partial charge < -0.3 is 20.1 Å². The first-order chi connectivity index (χ1) is 17.7. The van der Waals surface area contributed by atoms with E-state index in [4.69, 9.17) is 32.7 Å². The molecular formula is C25H21Cl2IN4O5. The van der Waals surface area contributed by atoms with E-state index >= 15 is 0 Å². The van der Waals surface area contributed by atoms with Gasteiger partial charge in [0.2, 0.25) is 0 Å². The predicted octanol–water partition coefficient (Wildman–Crippen LogP) is 5.02. The summed E-state index contributed by atoms with van der Waals surface area (Å²) in [6, 6.07) is 15.4. The van der Waals surface area contributed by atoms with Crippen LogP contribution in [0.15, 0.2) is 59.7 Å². The zero-order chi connectivity index (χ0) is 26.9. The number of carbonyl (C=O) groups excluding carboxylic acids is 3. The molecule has 0 aromatic heterocycles. The Labute approximate surface area is 236 Å². The van der Waals surface area contributed by atoms with Gasteiger partial charge in [-0.25, -0.2) is 5.43 Å². The number of ether oxygens (including phenoxy) is 2. The molecule has 0 aliphatic carbocycles. The third-order valence-corrected chi connectivity index (χ3v) is 6.31. The minimum atomic E-state index is -1.01. The number of halogens is 3. The van der Waals surface area contributed by atoms with Gasteiger partial charge in [0.25, 0.3) is 5.91 Å². The summed E-state index contributed by atoms with van der Waals surface area (Å²) in [5.41, 5.74) is 4.58. The third kappa shape index (κ3) is 8.07. The lowest BCUT2D eigenvalue weighted by Crippen LogP contribution is -2.32. The van der Waals surface area contributed by atoms with E-state index in [1.165, 1.54) is 19.4 Å². The normalized spacial score (nSPS) is 10.6. The van der Waals surface area contributed by atoms with Crippen LogP contribution in [0.2, 0.25) is 10.0 Å². The van der Waals surface area contributed by atoms with Gasteiger partial charge in [0.05, 0.1) is 32.6 Å². The standard InChI is InChI=1S/C25H21Cl2IN4O5/c1-14-5-3-6-16(9-14)30-21(33)13-37-23-18(28)10-15(11-20(23)36-2)12-29-32-25(35)24(34)31-19-8-4-7-17(26)22(19)27/h3-12H,13H2,1-2H3,(H,30,33)(H,31,34)(H,32,35)/b29-12-. The first-order valence-corrected chi connectivity index (χ1v) is 12.5. The molecule has 0 aliphatic heterocycles. The molecule has 0 saturated heterocycles. The Hall–Kier alpha value is -3.35. The van der Waals surface area contributed by atoms with E-state index in [9.17, 15) is 14.4 Å². The minimum absolute atomic E-state index is 0.116. The molecule has 0 spiro atoms. The second kappa shape index (κ2) is 13.3. The fraction of sp³-hybridized carbons (Fsp3) is 0.120. The summed E-state index contributed by atoms with van der Waals surface area (Å²) in [6.45, 7) is 1.71. The van der Waals surface area contributed by atoms with Crippen molar-refractivity contribution in [1.29, 1.82) is 0 Å². The number of nitrogens with one attached hydrogen (secondary N) is 3. The zero-order valence-corrected chi connectivity index (χ0v) is 23.3. The number of carbonyl (C=O) groups is 3. The Morgan fingerprint density at radius 2 is 1.78 bits per heavy atom. The number of amides is 3. The fourth-order valence-electron chi connectivity index (χ4n) is 3.01. The zero-order valence-electron chi connectivity index (χ0n) is 19.6. The number of nitrogens with zero attached hydrogens (tertiary/aromatic N) is 1. The molecule has 37 heavy (non-hydrogen) atoms. The molecule has 12 heteroatoms. The Balaban J connectivity index is 1.59. The number of rotatable bonds is 8. The van der Waals surface area contributed by atoms with Crippen LogP contribution in [0.1, 0.15) is 11.1 Å². The molecule has 0 unspecified atom stereocenters. The summed E-state index contributed by atoms with van der Waals surface area (Å²) in [5.74, 6) is -1.57. The van der Waals surface area contributed by atoms with Crippen molar-refractivity contribution in [1.82, 2.24) is 5.43 Å². The second-order valence-corrected chi connectivity index (χ2v) is 9.44. The van der Waals surface area contributed by atoms with Gasteiger partial charge in [-0.3, -0.25) is 14.4 Å². The van der Waals surface area contributed by atoms with Crippen LogP contribution in [-0.2, 0) is 14.4 Å². The molecule has 0 bridgehead atoms. The van der Waals surface area contributed by atoms with Gasteiger partial charge in [-0.2, -0.15) is 5.10 Å². The summed E-state index contributed by atoms with van der Waals surface area (Å²) in [7, 11) is 1.46. The molecule has 3 N–H and O–H groups in total. The van der Waals surface area contributed by atoms with Crippen molar-refractivity contribution in [2.45, 2.75) is 6.92 Å². The van der Waals surface area contributed by atoms with Crippen LogP contribution in [0, 0.1) is 10.5 Å². The monoisotopic (exact) mass is 654 g/mol. The van der Waals surface area contributed by atoms with E-state index < -0.39 is 11.8 Å². The highest BCUT2D eigenvalue weighted by atomic mass is 127. The van der Waals surface area contributed by atoms with Crippen LogP contribution < -0.4 is 25.5 Å². The molecule has 3 amide bonds. The van der Waals surface area contributed by atoms with E-state index in [2.05, 4.69) is 21.2 Å². The van der Waals surface area contributed by atoms with Gasteiger partial charge in [-0.15, -0.1) is 0 Å². The molecule has 0 aliphatic rings. The molecule has 0 atom stereocenters. The van der Waals surface area contributed by atoms with Crippen molar-refractivity contribution in [3.8, 4) is 11.5 Å². The van der Waals surface area contributed by atoms with Gasteiger partial charge in [-0.05, 0) is 77.0 Å². The highest BCUT2D eigenvalue weighted by Gasteiger charge is 2.16. The molecule has 0 fully saturated rings. The summed E-state index contributed by atoms with van der Waals surface area (Å²) < 4.78 is 11.7. The molecule has 0 radical (unpaired) electrons. The fourth-order valence-corrected chi connectivity index (χ4v) is 4.14. The maximum Gasteiger partial charge on any atom is 0.329 e. The lowest BCUT2D eigenvalue weighted by atomic mass is 10.2. The Kier molecular flexibility index (Phi) is 10.1. The summed E-state index contributed by atoms with van der Waals surface area (Å²) in [6.07, 6.45) is 1.33.